The maximum absolute atomic E-state index is 12.4. The molecule has 2 bridgehead atoms. The number of piperidine rings is 1. The van der Waals surface area contributed by atoms with Gasteiger partial charge in [-0.2, -0.15) is 0 Å². The molecular formula is C25H37NO3. The Kier molecular flexibility index (Phi) is 6.48. The van der Waals surface area contributed by atoms with Crippen LogP contribution >= 0.6 is 0 Å². The maximum atomic E-state index is 12.4. The number of nitrogens with one attached hydrogen (secondary N) is 1. The average molecular weight is 400 g/mol. The van der Waals surface area contributed by atoms with E-state index in [1.165, 1.54) is 43.2 Å². The first-order valence-corrected chi connectivity index (χ1v) is 11.8. The van der Waals surface area contributed by atoms with Crippen molar-refractivity contribution in [3.63, 3.8) is 0 Å². The normalized spacial score (nSPS) is 27.8. The molecule has 2 aliphatic carbocycles. The molecule has 0 radical (unpaired) electrons. The van der Waals surface area contributed by atoms with Crippen LogP contribution in [0.3, 0.4) is 0 Å². The van der Waals surface area contributed by atoms with Gasteiger partial charge in [-0.15, -0.1) is 0 Å². The van der Waals surface area contributed by atoms with E-state index in [-0.39, 0.29) is 18.7 Å². The minimum atomic E-state index is -0.112. The lowest BCUT2D eigenvalue weighted by molar-refractivity contribution is -0.155. The number of hydrogen-bond donors (Lipinski definition) is 1. The molecule has 1 saturated heterocycles. The third-order valence-corrected chi connectivity index (χ3v) is 7.65. The summed E-state index contributed by atoms with van der Waals surface area (Å²) in [5.74, 6) is 1.49. The monoisotopic (exact) mass is 399 g/mol. The zero-order valence-corrected chi connectivity index (χ0v) is 18.2. The molecule has 1 aliphatic heterocycles. The molecule has 0 spiro atoms. The third kappa shape index (κ3) is 4.05. The largest absolute Gasteiger partial charge is 0.457 e. The Morgan fingerprint density at radius 2 is 2.03 bits per heavy atom. The molecule has 3 atom stereocenters. The van der Waals surface area contributed by atoms with Gasteiger partial charge in [-0.25, -0.2) is 0 Å². The molecule has 1 aromatic rings. The smallest absolute Gasteiger partial charge is 0.311 e. The molecule has 1 heterocycles. The van der Waals surface area contributed by atoms with Gasteiger partial charge < -0.3 is 14.8 Å². The maximum Gasteiger partial charge on any atom is 0.311 e. The van der Waals surface area contributed by atoms with Crippen LogP contribution in [-0.2, 0) is 21.4 Å². The number of carbonyl (C=O) groups excluding carboxylic acids is 1. The van der Waals surface area contributed by atoms with Crippen molar-refractivity contribution in [1.82, 2.24) is 5.32 Å². The summed E-state index contributed by atoms with van der Waals surface area (Å²) in [6.45, 7) is 5.37. The number of ether oxygens (including phenoxy) is 2. The van der Waals surface area contributed by atoms with E-state index in [0.29, 0.717) is 11.5 Å². The number of benzene rings is 1. The van der Waals surface area contributed by atoms with Crippen LogP contribution in [0.4, 0.5) is 0 Å². The highest BCUT2D eigenvalue weighted by molar-refractivity contribution is 5.72. The Morgan fingerprint density at radius 1 is 1.21 bits per heavy atom. The Bertz CT molecular complexity index is 708. The quantitative estimate of drug-likeness (QED) is 0.486. The van der Waals surface area contributed by atoms with Crippen molar-refractivity contribution in [3.05, 3.63) is 29.3 Å². The standard InChI is InChI=1S/C25H37NO3/c1-3-7-18(8-4-2)24(27)29-17-28-20-11-10-19-15-23-21-9-5-6-12-25(21,13-14-26-23)22(19)16-20/h10-11,16,18,21,23,26H,3-9,12-15,17H2,1-2H3/t21-,23+,25+/m1/s1. The topological polar surface area (TPSA) is 47.6 Å². The van der Waals surface area contributed by atoms with E-state index in [0.717, 1.165) is 50.3 Å². The lowest BCUT2D eigenvalue weighted by atomic mass is 9.53. The molecule has 0 amide bonds. The summed E-state index contributed by atoms with van der Waals surface area (Å²) >= 11 is 0. The first-order chi connectivity index (χ1) is 14.2. The van der Waals surface area contributed by atoms with E-state index in [9.17, 15) is 4.79 Å². The molecule has 0 aromatic heterocycles. The number of hydrogen-bond acceptors (Lipinski definition) is 4. The zero-order chi connectivity index (χ0) is 20.3. The Labute approximate surface area is 175 Å². The Balaban J connectivity index is 1.44. The van der Waals surface area contributed by atoms with E-state index in [1.807, 2.05) is 0 Å². The summed E-state index contributed by atoms with van der Waals surface area (Å²) in [5, 5.41) is 3.79. The van der Waals surface area contributed by atoms with Gasteiger partial charge in [-0.1, -0.05) is 45.6 Å². The van der Waals surface area contributed by atoms with E-state index in [1.54, 1.807) is 0 Å². The molecule has 4 nitrogen and oxygen atoms in total. The summed E-state index contributed by atoms with van der Waals surface area (Å²) in [4.78, 5) is 12.4. The van der Waals surface area contributed by atoms with E-state index in [2.05, 4.69) is 37.4 Å². The molecule has 0 unspecified atom stereocenters. The van der Waals surface area contributed by atoms with Crippen molar-refractivity contribution in [2.24, 2.45) is 11.8 Å². The molecule has 1 N–H and O–H groups in total. The number of carbonyl (C=O) groups is 1. The van der Waals surface area contributed by atoms with Crippen LogP contribution in [0.1, 0.15) is 82.8 Å². The van der Waals surface area contributed by atoms with Crippen LogP contribution in [0.5, 0.6) is 5.75 Å². The van der Waals surface area contributed by atoms with Gasteiger partial charge >= 0.3 is 5.97 Å². The van der Waals surface area contributed by atoms with E-state index >= 15 is 0 Å². The number of fused-ring (bicyclic) bond motifs is 1. The van der Waals surface area contributed by atoms with Gasteiger partial charge in [0.1, 0.15) is 5.75 Å². The average Bonchev–Trinajstić information content (AvgIpc) is 2.74. The molecule has 160 valence electrons. The highest BCUT2D eigenvalue weighted by Gasteiger charge is 2.51. The first kappa shape index (κ1) is 20.7. The van der Waals surface area contributed by atoms with Gasteiger partial charge in [0, 0.05) is 11.5 Å². The van der Waals surface area contributed by atoms with Gasteiger partial charge in [0.05, 0.1) is 5.92 Å². The summed E-state index contributed by atoms with van der Waals surface area (Å²) in [5.41, 5.74) is 3.32. The van der Waals surface area contributed by atoms with Crippen molar-refractivity contribution in [3.8, 4) is 5.75 Å². The minimum absolute atomic E-state index is 0.00527. The molecular weight excluding hydrogens is 362 g/mol. The zero-order valence-electron chi connectivity index (χ0n) is 18.2. The van der Waals surface area contributed by atoms with Crippen LogP contribution in [-0.4, -0.2) is 25.3 Å². The Hall–Kier alpha value is -1.55. The summed E-state index contributed by atoms with van der Waals surface area (Å²) in [6, 6.07) is 7.20. The fraction of sp³-hybridized carbons (Fsp3) is 0.720. The lowest BCUT2D eigenvalue weighted by Crippen LogP contribution is -2.59. The summed E-state index contributed by atoms with van der Waals surface area (Å²) < 4.78 is 11.4. The van der Waals surface area contributed by atoms with Crippen LogP contribution in [0.25, 0.3) is 0 Å². The highest BCUT2D eigenvalue weighted by atomic mass is 16.7. The molecule has 1 saturated carbocycles. The van der Waals surface area contributed by atoms with Crippen molar-refractivity contribution < 1.29 is 14.3 Å². The summed E-state index contributed by atoms with van der Waals surface area (Å²) in [6.07, 6.45) is 11.5. The van der Waals surface area contributed by atoms with Crippen molar-refractivity contribution in [2.45, 2.75) is 89.5 Å². The highest BCUT2D eigenvalue weighted by Crippen LogP contribution is 2.54. The third-order valence-electron chi connectivity index (χ3n) is 7.65. The predicted octanol–water partition coefficient (Wildman–Crippen LogP) is 5.13. The van der Waals surface area contributed by atoms with E-state index < -0.39 is 0 Å². The van der Waals surface area contributed by atoms with Crippen LogP contribution in [0.2, 0.25) is 0 Å². The van der Waals surface area contributed by atoms with Gasteiger partial charge in [0.2, 0.25) is 6.79 Å². The van der Waals surface area contributed by atoms with Crippen LogP contribution in [0, 0.1) is 11.8 Å². The second kappa shape index (κ2) is 9.07. The molecule has 1 aromatic carbocycles. The Morgan fingerprint density at radius 3 is 2.83 bits per heavy atom. The van der Waals surface area contributed by atoms with Crippen LogP contribution < -0.4 is 10.1 Å². The fourth-order valence-electron chi connectivity index (χ4n) is 6.34. The first-order valence-electron chi connectivity index (χ1n) is 11.8. The van der Waals surface area contributed by atoms with E-state index in [4.69, 9.17) is 9.47 Å². The molecule has 4 heteroatoms. The van der Waals surface area contributed by atoms with Crippen LogP contribution in [0.15, 0.2) is 18.2 Å². The van der Waals surface area contributed by atoms with Gasteiger partial charge in [0.25, 0.3) is 0 Å². The van der Waals surface area contributed by atoms with Gasteiger partial charge in [-0.05, 0) is 74.2 Å². The van der Waals surface area contributed by atoms with Crippen molar-refractivity contribution in [2.75, 3.05) is 13.3 Å². The minimum Gasteiger partial charge on any atom is -0.457 e. The van der Waals surface area contributed by atoms with Crippen molar-refractivity contribution >= 4 is 5.97 Å². The number of rotatable bonds is 8. The molecule has 2 fully saturated rings. The molecule has 29 heavy (non-hydrogen) atoms. The van der Waals surface area contributed by atoms with Gasteiger partial charge in [0.15, 0.2) is 0 Å². The van der Waals surface area contributed by atoms with Gasteiger partial charge in [-0.3, -0.25) is 4.79 Å². The number of esters is 1. The molecule has 4 rings (SSSR count). The molecule has 3 aliphatic rings. The SMILES string of the molecule is CCCC(CCC)C(=O)OCOc1ccc2c(c1)[C@]13CCCC[C@@H]1[C@H](C2)NCC3. The second-order valence-electron chi connectivity index (χ2n) is 9.34. The fourth-order valence-corrected chi connectivity index (χ4v) is 6.34. The second-order valence-corrected chi connectivity index (χ2v) is 9.34. The predicted molar refractivity (Wildman–Crippen MR) is 115 cm³/mol. The lowest BCUT2D eigenvalue weighted by Gasteiger charge is -2.56. The van der Waals surface area contributed by atoms with Crippen molar-refractivity contribution in [1.29, 1.82) is 0 Å². The summed E-state index contributed by atoms with van der Waals surface area (Å²) in [7, 11) is 0.